The zero-order chi connectivity index (χ0) is 29.5. The number of ether oxygens (including phenoxy) is 1. The first-order valence-electron chi connectivity index (χ1n) is 12.9. The van der Waals surface area contributed by atoms with E-state index >= 15 is 0 Å². The van der Waals surface area contributed by atoms with Crippen molar-refractivity contribution in [2.75, 3.05) is 18.0 Å². The minimum absolute atomic E-state index is 0.000115. The molecule has 0 unspecified atom stereocenters. The van der Waals surface area contributed by atoms with Crippen LogP contribution < -0.4 is 14.4 Å². The molecule has 0 radical (unpaired) electrons. The van der Waals surface area contributed by atoms with Crippen molar-refractivity contribution >= 4 is 39.1 Å². The van der Waals surface area contributed by atoms with Crippen LogP contribution in [-0.4, -0.2) is 50.4 Å². The molecule has 3 aromatic carbocycles. The first-order chi connectivity index (χ1) is 18.9. The lowest BCUT2D eigenvalue weighted by molar-refractivity contribution is -0.141. The number of hydrogen-bond donors (Lipinski definition) is 1. The van der Waals surface area contributed by atoms with Crippen molar-refractivity contribution < 1.29 is 22.7 Å². The summed E-state index contributed by atoms with van der Waals surface area (Å²) in [5.41, 5.74) is 0.428. The lowest BCUT2D eigenvalue weighted by Crippen LogP contribution is -2.55. The SMILES string of the molecule is CC[C@@H](C(=O)NC(C)(C)C)N(Cc1ccccc1Cl)C(=O)CN(c1ccccc1)S(=O)(=O)c1ccc(OC)cc1. The number of benzene rings is 3. The Morgan fingerprint density at radius 1 is 0.950 bits per heavy atom. The Hall–Kier alpha value is -3.56. The van der Waals surface area contributed by atoms with E-state index in [2.05, 4.69) is 5.32 Å². The van der Waals surface area contributed by atoms with Crippen LogP contribution in [0.25, 0.3) is 0 Å². The monoisotopic (exact) mass is 585 g/mol. The number of para-hydroxylation sites is 1. The van der Waals surface area contributed by atoms with Gasteiger partial charge in [-0.3, -0.25) is 13.9 Å². The minimum Gasteiger partial charge on any atom is -0.497 e. The number of anilines is 1. The smallest absolute Gasteiger partial charge is 0.264 e. The quantitative estimate of drug-likeness (QED) is 0.331. The molecule has 0 aliphatic heterocycles. The molecule has 40 heavy (non-hydrogen) atoms. The first kappa shape index (κ1) is 31.0. The number of carbonyl (C=O) groups is 2. The second-order valence-corrected chi connectivity index (χ2v) is 12.6. The van der Waals surface area contributed by atoms with Crippen LogP contribution in [-0.2, 0) is 26.2 Å². The number of amides is 2. The Bertz CT molecular complexity index is 1410. The van der Waals surface area contributed by atoms with E-state index in [1.807, 2.05) is 27.7 Å². The highest BCUT2D eigenvalue weighted by atomic mass is 35.5. The van der Waals surface area contributed by atoms with Gasteiger partial charge in [-0.15, -0.1) is 0 Å². The summed E-state index contributed by atoms with van der Waals surface area (Å²) in [5.74, 6) is -0.376. The maximum absolute atomic E-state index is 14.1. The van der Waals surface area contributed by atoms with E-state index in [9.17, 15) is 18.0 Å². The molecule has 1 N–H and O–H groups in total. The number of sulfonamides is 1. The van der Waals surface area contributed by atoms with Crippen LogP contribution in [0.4, 0.5) is 5.69 Å². The normalized spacial score (nSPS) is 12.3. The number of nitrogens with one attached hydrogen (secondary N) is 1. The lowest BCUT2D eigenvalue weighted by Gasteiger charge is -2.35. The molecular weight excluding hydrogens is 550 g/mol. The van der Waals surface area contributed by atoms with E-state index in [4.69, 9.17) is 16.3 Å². The van der Waals surface area contributed by atoms with E-state index in [-0.39, 0.29) is 17.3 Å². The lowest BCUT2D eigenvalue weighted by atomic mass is 10.1. The number of carbonyl (C=O) groups excluding carboxylic acids is 2. The Kier molecular flexibility index (Phi) is 10.2. The fraction of sp³-hybridized carbons (Fsp3) is 0.333. The molecule has 0 aliphatic rings. The molecule has 0 saturated carbocycles. The molecule has 0 fully saturated rings. The Balaban J connectivity index is 2.06. The van der Waals surface area contributed by atoms with Crippen LogP contribution >= 0.6 is 11.6 Å². The zero-order valence-corrected chi connectivity index (χ0v) is 25.0. The molecule has 0 bridgehead atoms. The maximum Gasteiger partial charge on any atom is 0.264 e. The Morgan fingerprint density at radius 3 is 2.10 bits per heavy atom. The molecule has 0 heterocycles. The van der Waals surface area contributed by atoms with Crippen molar-refractivity contribution in [3.63, 3.8) is 0 Å². The van der Waals surface area contributed by atoms with Crippen molar-refractivity contribution in [3.8, 4) is 5.75 Å². The van der Waals surface area contributed by atoms with Gasteiger partial charge >= 0.3 is 0 Å². The van der Waals surface area contributed by atoms with Gasteiger partial charge in [0.25, 0.3) is 10.0 Å². The topological polar surface area (TPSA) is 96.0 Å². The molecule has 2 amide bonds. The average molecular weight is 586 g/mol. The van der Waals surface area contributed by atoms with E-state index in [0.717, 1.165) is 4.31 Å². The number of halogens is 1. The van der Waals surface area contributed by atoms with Gasteiger partial charge in [0, 0.05) is 17.1 Å². The fourth-order valence-electron chi connectivity index (χ4n) is 4.18. The summed E-state index contributed by atoms with van der Waals surface area (Å²) in [7, 11) is -2.67. The molecule has 1 atom stereocenters. The van der Waals surface area contributed by atoms with Gasteiger partial charge < -0.3 is 15.0 Å². The van der Waals surface area contributed by atoms with Crippen molar-refractivity contribution in [2.45, 2.75) is 57.1 Å². The van der Waals surface area contributed by atoms with E-state index in [0.29, 0.717) is 28.4 Å². The molecule has 8 nitrogen and oxygen atoms in total. The summed E-state index contributed by atoms with van der Waals surface area (Å²) in [6.07, 6.45) is 0.314. The van der Waals surface area contributed by atoms with Crippen molar-refractivity contribution in [1.29, 1.82) is 0 Å². The molecule has 0 spiro atoms. The molecule has 0 saturated heterocycles. The number of nitrogens with zero attached hydrogens (tertiary/aromatic N) is 2. The fourth-order valence-corrected chi connectivity index (χ4v) is 5.79. The predicted molar refractivity (Wildman–Crippen MR) is 158 cm³/mol. The van der Waals surface area contributed by atoms with Crippen molar-refractivity contribution in [3.05, 3.63) is 89.4 Å². The maximum atomic E-state index is 14.1. The second kappa shape index (κ2) is 13.2. The third-order valence-electron chi connectivity index (χ3n) is 6.15. The number of methoxy groups -OCH3 is 1. The minimum atomic E-state index is -4.17. The van der Waals surface area contributed by atoms with Crippen LogP contribution in [0.5, 0.6) is 5.75 Å². The zero-order valence-electron chi connectivity index (χ0n) is 23.4. The summed E-state index contributed by atoms with van der Waals surface area (Å²) in [4.78, 5) is 28.8. The Labute approximate surface area is 241 Å². The summed E-state index contributed by atoms with van der Waals surface area (Å²) >= 11 is 6.43. The standard InChI is InChI=1S/C30H36ClN3O5S/c1-6-27(29(36)32-30(2,3)4)33(20-22-12-10-11-15-26(22)31)28(35)21-34(23-13-8-7-9-14-23)40(37,38)25-18-16-24(39-5)17-19-25/h7-19,27H,6,20-21H2,1-5H3,(H,32,36)/t27-/m0/s1. The summed E-state index contributed by atoms with van der Waals surface area (Å²) < 4.78 is 34.0. The number of hydrogen-bond acceptors (Lipinski definition) is 5. The molecule has 0 aliphatic carbocycles. The average Bonchev–Trinajstić information content (AvgIpc) is 2.92. The van der Waals surface area contributed by atoms with Gasteiger partial charge in [0.15, 0.2) is 0 Å². The van der Waals surface area contributed by atoms with Crippen LogP contribution in [0, 0.1) is 0 Å². The molecule has 3 aromatic rings. The largest absolute Gasteiger partial charge is 0.497 e. The second-order valence-electron chi connectivity index (χ2n) is 10.3. The van der Waals surface area contributed by atoms with Gasteiger partial charge in [-0.25, -0.2) is 8.42 Å². The van der Waals surface area contributed by atoms with Gasteiger partial charge in [-0.1, -0.05) is 54.9 Å². The molecule has 3 rings (SSSR count). The number of rotatable bonds is 11. The van der Waals surface area contributed by atoms with Gasteiger partial charge in [0.1, 0.15) is 18.3 Å². The third-order valence-corrected chi connectivity index (χ3v) is 8.31. The van der Waals surface area contributed by atoms with Gasteiger partial charge in [-0.2, -0.15) is 0 Å². The molecular formula is C30H36ClN3O5S. The van der Waals surface area contributed by atoms with Crippen molar-refractivity contribution in [2.24, 2.45) is 0 Å². The van der Waals surface area contributed by atoms with Crippen LogP contribution in [0.1, 0.15) is 39.7 Å². The van der Waals surface area contributed by atoms with Crippen molar-refractivity contribution in [1.82, 2.24) is 10.2 Å². The van der Waals surface area contributed by atoms with Gasteiger partial charge in [0.2, 0.25) is 11.8 Å². The molecule has 10 heteroatoms. The van der Waals surface area contributed by atoms with Crippen LogP contribution in [0.3, 0.4) is 0 Å². The first-order valence-corrected chi connectivity index (χ1v) is 14.8. The highest BCUT2D eigenvalue weighted by Crippen LogP contribution is 2.26. The third kappa shape index (κ3) is 7.76. The Morgan fingerprint density at radius 2 is 1.55 bits per heavy atom. The van der Waals surface area contributed by atoms with E-state index in [1.165, 1.54) is 24.1 Å². The van der Waals surface area contributed by atoms with Gasteiger partial charge in [0.05, 0.1) is 17.7 Å². The summed E-state index contributed by atoms with van der Waals surface area (Å²) in [6.45, 7) is 6.88. The van der Waals surface area contributed by atoms with E-state index < -0.39 is 34.1 Å². The van der Waals surface area contributed by atoms with Crippen LogP contribution in [0.2, 0.25) is 5.02 Å². The van der Waals surface area contributed by atoms with E-state index in [1.54, 1.807) is 66.7 Å². The van der Waals surface area contributed by atoms with Crippen LogP contribution in [0.15, 0.2) is 83.8 Å². The summed E-state index contributed by atoms with van der Waals surface area (Å²) in [6, 6.07) is 20.6. The van der Waals surface area contributed by atoms with Gasteiger partial charge in [-0.05, 0) is 75.2 Å². The summed E-state index contributed by atoms with van der Waals surface area (Å²) in [5, 5.41) is 3.39. The highest BCUT2D eigenvalue weighted by Gasteiger charge is 2.34. The predicted octanol–water partition coefficient (Wildman–Crippen LogP) is 5.27. The molecule has 0 aromatic heterocycles. The highest BCUT2D eigenvalue weighted by molar-refractivity contribution is 7.92. The molecule has 214 valence electrons.